The van der Waals surface area contributed by atoms with Gasteiger partial charge in [-0.1, -0.05) is 65.7 Å². The van der Waals surface area contributed by atoms with Crippen LogP contribution in [0.3, 0.4) is 0 Å². The van der Waals surface area contributed by atoms with Gasteiger partial charge in [0.05, 0.1) is 50.9 Å². The summed E-state index contributed by atoms with van der Waals surface area (Å²) in [6, 6.07) is 31.3. The van der Waals surface area contributed by atoms with Crippen LogP contribution in [0.25, 0.3) is 0 Å². The molecule has 0 fully saturated rings. The average Bonchev–Trinajstić information content (AvgIpc) is 0.801. The van der Waals surface area contributed by atoms with Crippen molar-refractivity contribution in [1.29, 1.82) is 5.26 Å². The highest BCUT2D eigenvalue weighted by atomic mass is 79.9. The second-order valence-corrected chi connectivity index (χ2v) is 30.2. The van der Waals surface area contributed by atoms with Gasteiger partial charge in [0.1, 0.15) is 90.6 Å². The highest BCUT2D eigenvalue weighted by molar-refractivity contribution is 9.10. The largest absolute Gasteiger partial charge is 0.504 e. The summed E-state index contributed by atoms with van der Waals surface area (Å²) in [4.78, 5) is 191. The number of aldehydes is 15. The van der Waals surface area contributed by atoms with Crippen molar-refractivity contribution in [3.05, 3.63) is 301 Å². The van der Waals surface area contributed by atoms with Crippen LogP contribution in [0, 0.1) is 51.8 Å². The first-order chi connectivity index (χ1) is 65.4. The SMILES string of the molecule is CS(=O)(=O)c1cc(C=O)cc(O)c1O.N#Cc1cc(C=O)cc(O)c1O.O=Cc1cc(C=O)c(O)c([N+](=O)[O-])c1.O=Cc1cc(C=O)cc([N+](=O)[O-])c1.O=Cc1cc(Cl)c(O)c(O)c1Cl.O=Cc1cc(O)c(O)c(C(F)(F)F)c1.O=Cc1cc(O)c(O)c(S(=O)(=O)O)c1.O=Cc1cc([N+](=O)[O-])c(O)c(O)c1Br.O=Cc1ccc(C=O)cc1.O=Cc1ccc(O)c(O)c1[N+](=O)[O-].O=Cc1cccc(C=O)c1. The van der Waals surface area contributed by atoms with Crippen LogP contribution in [-0.2, 0) is 26.1 Å². The molecule has 0 unspecified atom stereocenters. The summed E-state index contributed by atoms with van der Waals surface area (Å²) in [5, 5.41) is 185. The van der Waals surface area contributed by atoms with E-state index in [-0.39, 0.29) is 112 Å². The van der Waals surface area contributed by atoms with Crippen molar-refractivity contribution in [3.8, 4) is 92.3 Å². The van der Waals surface area contributed by atoms with Gasteiger partial charge in [0.2, 0.25) is 17.2 Å². The predicted molar refractivity (Wildman–Crippen MR) is 474 cm³/mol. The third-order valence-electron chi connectivity index (χ3n) is 15.8. The maximum Gasteiger partial charge on any atom is 0.420 e. The van der Waals surface area contributed by atoms with Gasteiger partial charge in [-0.25, -0.2) is 8.42 Å². The number of hydrogen-bond acceptors (Lipinski definition) is 43. The molecule has 0 amide bonds. The topological polar surface area (TPSA) is 844 Å². The summed E-state index contributed by atoms with van der Waals surface area (Å²) < 4.78 is 88.5. The third kappa shape index (κ3) is 35.7. The summed E-state index contributed by atoms with van der Waals surface area (Å²) in [5.41, 5.74) is -2.51. The van der Waals surface area contributed by atoms with Gasteiger partial charge in [-0.2, -0.15) is 26.9 Å². The van der Waals surface area contributed by atoms with E-state index in [0.29, 0.717) is 84.9 Å². The molecule has 0 saturated carbocycles. The molecule has 11 rings (SSSR count). The summed E-state index contributed by atoms with van der Waals surface area (Å²) >= 11 is 13.7. The minimum atomic E-state index is -4.80. The van der Waals surface area contributed by atoms with Gasteiger partial charge >= 0.3 is 23.2 Å². The quantitative estimate of drug-likeness (QED) is 0.0104. The Bertz CT molecular complexity index is 6750. The number of non-ortho nitro benzene ring substituents is 1. The highest BCUT2D eigenvalue weighted by Gasteiger charge is 2.36. The minimum absolute atomic E-state index is 0.0132. The number of aromatic hydroxyl groups is 15. The van der Waals surface area contributed by atoms with E-state index in [4.69, 9.17) is 94.3 Å². The van der Waals surface area contributed by atoms with E-state index >= 15 is 0 Å². The molecule has 0 spiro atoms. The molecule has 0 saturated heterocycles. The Morgan fingerprint density at radius 2 is 0.714 bits per heavy atom. The van der Waals surface area contributed by atoms with Gasteiger partial charge in [0.15, 0.2) is 104 Å². The Hall–Kier alpha value is -18.7. The van der Waals surface area contributed by atoms with Gasteiger partial charge in [-0.3, -0.25) is 117 Å². The van der Waals surface area contributed by atoms with Crippen molar-refractivity contribution in [2.75, 3.05) is 6.26 Å². The molecule has 0 radical (unpaired) electrons. The fourth-order valence-corrected chi connectivity index (χ4v) is 11.5. The Labute approximate surface area is 795 Å². The van der Waals surface area contributed by atoms with E-state index in [9.17, 15) is 158 Å². The molecular weight excluding hydrogens is 2040 g/mol. The zero-order valence-corrected chi connectivity index (χ0v) is 73.8. The monoisotopic (exact) mass is 2100 g/mol. The van der Waals surface area contributed by atoms with Crippen LogP contribution in [0.1, 0.15) is 166 Å². The lowest BCUT2D eigenvalue weighted by Gasteiger charge is -2.10. The number of phenols is 15. The van der Waals surface area contributed by atoms with Gasteiger partial charge in [0, 0.05) is 103 Å². The molecule has 0 aliphatic rings. The second kappa shape index (κ2) is 55.7. The number of alkyl halides is 3. The van der Waals surface area contributed by atoms with Crippen molar-refractivity contribution in [2.45, 2.75) is 16.0 Å². The van der Waals surface area contributed by atoms with E-state index in [1.165, 1.54) is 18.2 Å². The fourth-order valence-electron chi connectivity index (χ4n) is 9.23. The Morgan fingerprint density at radius 3 is 1.09 bits per heavy atom. The van der Waals surface area contributed by atoms with Gasteiger partial charge in [-0.05, 0) is 101 Å². The van der Waals surface area contributed by atoms with Crippen LogP contribution in [0.15, 0.2) is 166 Å². The molecule has 11 aromatic carbocycles. The lowest BCUT2D eigenvalue weighted by atomic mass is 10.1. The number of carbonyl (C=O) groups is 15. The van der Waals surface area contributed by atoms with Crippen molar-refractivity contribution >= 4 is 176 Å². The Morgan fingerprint density at radius 1 is 0.343 bits per heavy atom. The number of benzene rings is 11. The predicted octanol–water partition coefficient (Wildman–Crippen LogP) is 12.6. The molecule has 56 heteroatoms. The number of nitro benzene ring substituents is 4. The number of sulfone groups is 1. The Balaban J connectivity index is 0.000000771. The number of rotatable bonds is 21. The zero-order valence-electron chi connectivity index (χ0n) is 69.1. The van der Waals surface area contributed by atoms with Crippen LogP contribution in [0.4, 0.5) is 35.9 Å². The van der Waals surface area contributed by atoms with Crippen molar-refractivity contribution < 1.29 is 203 Å². The van der Waals surface area contributed by atoms with Crippen molar-refractivity contribution in [3.63, 3.8) is 0 Å². The van der Waals surface area contributed by atoms with Gasteiger partial charge in [-0.15, -0.1) is 0 Å². The maximum atomic E-state index is 12.2. The third-order valence-corrected chi connectivity index (χ3v) is 19.3. The standard InChI is InChI=1S/C8H5F3O3.C8H5NO5.C8H5NO4.C8H5NO3.C8H8O5S.2C8H6O2.C7H4BrNO5.C7H4Cl2O3.C7H5NO5.C7H6O6S/c9-8(10,11)5-1-4(3-12)2-6(13)7(5)14;10-3-5-1-6(4-11)8(12)7(2-5)9(13)14;10-4-6-1-7(5-11)3-8(2-6)9(12)13;9-3-6-1-5(4-10)2-7(11)8(6)12;1-14(12,13)7-3-5(4-9)2-6(10)8(7)11;9-5-7-1-2-8(6-10)4-3-7;9-5-7-2-1-3-8(4-7)6-10;8-5-3(2-10)1-4(9(13)14)6(11)7(5)12;8-4-1-3(2-10)5(9)7(12)6(4)11;9-3-4-1-2-5(10)7(11)6(4)8(12)13;8-3-4-1-5(9)7(10)6(2-4)14(11,12)13/h1-3,13-14H;1-4,12H;1-5H;1-2,4,11-12H;2-4,10-11H,1H3;2*1-6H;1-2,11-12H;1-2,11-12H;1-3,10-11H;1-3,9-10H,(H,11,12,13). The number of phenolic OH excluding ortho intramolecular Hbond substituents is 15. The molecule has 0 aromatic heterocycles. The van der Waals surface area contributed by atoms with Gasteiger partial charge in [0.25, 0.3) is 15.8 Å². The number of halogens is 6. The van der Waals surface area contributed by atoms with Crippen LogP contribution in [0.5, 0.6) is 86.2 Å². The molecule has 140 heavy (non-hydrogen) atoms. The molecule has 0 aliphatic carbocycles. The molecule has 0 bridgehead atoms. The lowest BCUT2D eigenvalue weighted by molar-refractivity contribution is -0.386. The van der Waals surface area contributed by atoms with E-state index in [2.05, 4.69) is 15.9 Å². The first-order valence-corrected chi connectivity index (χ1v) is 40.4. The van der Waals surface area contributed by atoms with Crippen LogP contribution >= 0.6 is 39.1 Å². The van der Waals surface area contributed by atoms with E-state index < -0.39 is 164 Å². The number of nitriles is 1. The van der Waals surface area contributed by atoms with E-state index in [0.717, 1.165) is 97.7 Å². The molecule has 0 atom stereocenters. The fraction of sp³-hybridized carbons (Fsp3) is 0.0238. The Kier molecular flexibility index (Phi) is 47.5. The minimum Gasteiger partial charge on any atom is -0.504 e. The zero-order chi connectivity index (χ0) is 107. The smallest absolute Gasteiger partial charge is 0.420 e. The molecule has 11 aromatic rings. The molecular formula is C84H59BrCl2F3N5O43S2. The highest BCUT2D eigenvalue weighted by Crippen LogP contribution is 2.45. The van der Waals surface area contributed by atoms with Crippen LogP contribution in [-0.4, -0.2) is 218 Å². The van der Waals surface area contributed by atoms with E-state index in [1.807, 2.05) is 0 Å². The first kappa shape index (κ1) is 119. The molecule has 0 aliphatic heterocycles. The van der Waals surface area contributed by atoms with E-state index in [1.54, 1.807) is 54.6 Å². The number of hydrogen-bond donors (Lipinski definition) is 16. The average molecular weight is 2100 g/mol. The van der Waals surface area contributed by atoms with Crippen molar-refractivity contribution in [2.24, 2.45) is 0 Å². The van der Waals surface area contributed by atoms with Crippen molar-refractivity contribution in [1.82, 2.24) is 0 Å². The summed E-state index contributed by atoms with van der Waals surface area (Å²) in [6.07, 6.45) is 2.80. The normalized spacial score (nSPS) is 9.91. The van der Waals surface area contributed by atoms with Gasteiger partial charge < -0.3 is 76.6 Å². The number of carbonyl (C=O) groups excluding carboxylic acids is 15. The number of nitro groups is 4. The maximum absolute atomic E-state index is 12.2. The first-order valence-electron chi connectivity index (χ1n) is 35.6. The molecule has 0 heterocycles. The van der Waals surface area contributed by atoms with Crippen LogP contribution in [0.2, 0.25) is 10.0 Å². The van der Waals surface area contributed by atoms with Crippen LogP contribution < -0.4 is 0 Å². The number of nitrogens with zero attached hydrogens (tertiary/aromatic N) is 5. The molecule has 732 valence electrons. The molecule has 48 nitrogen and oxygen atoms in total. The summed E-state index contributed by atoms with van der Waals surface area (Å²) in [5.74, 6) is -11.3. The summed E-state index contributed by atoms with van der Waals surface area (Å²) in [7, 11) is -8.31. The molecule has 16 N–H and O–H groups in total. The lowest BCUT2D eigenvalue weighted by Crippen LogP contribution is -2.06. The second-order valence-electron chi connectivity index (χ2n) is 25.3. The summed E-state index contributed by atoms with van der Waals surface area (Å²) in [6.45, 7) is 0.